The quantitative estimate of drug-likeness (QED) is 0.161. The SMILES string of the molecule is c1ccc(-c2ccc(-c3cc(-c4ccccc4)nc(-c4cccc(-c5ccc(-c6ccc(-c7ccc8c(c7)C7(CCCCC7)c7ccccc7-8)cc6)cc5)c4)n3)cc2)cc1. The van der Waals surface area contributed by atoms with Crippen LogP contribution in [0.5, 0.6) is 0 Å². The van der Waals surface area contributed by atoms with Crippen molar-refractivity contribution in [1.29, 1.82) is 0 Å². The number of hydrogen-bond acceptors (Lipinski definition) is 2. The first-order valence-electron chi connectivity index (χ1n) is 21.4. The largest absolute Gasteiger partial charge is 0.228 e. The molecule has 0 bridgehead atoms. The van der Waals surface area contributed by atoms with Gasteiger partial charge in [-0.2, -0.15) is 0 Å². The summed E-state index contributed by atoms with van der Waals surface area (Å²) in [6.45, 7) is 0. The topological polar surface area (TPSA) is 25.8 Å². The third kappa shape index (κ3) is 6.55. The number of rotatable bonds is 7. The summed E-state index contributed by atoms with van der Waals surface area (Å²) in [4.78, 5) is 10.3. The minimum atomic E-state index is 0.166. The van der Waals surface area contributed by atoms with Gasteiger partial charge in [0.15, 0.2) is 5.82 Å². The molecule has 0 radical (unpaired) electrons. The lowest BCUT2D eigenvalue weighted by molar-refractivity contribution is 0.353. The van der Waals surface area contributed by atoms with E-state index in [1.54, 1.807) is 5.56 Å². The van der Waals surface area contributed by atoms with Crippen molar-refractivity contribution in [2.45, 2.75) is 37.5 Å². The third-order valence-electron chi connectivity index (χ3n) is 12.9. The highest BCUT2D eigenvalue weighted by Gasteiger charge is 2.43. The molecule has 8 aromatic carbocycles. The molecule has 2 aliphatic rings. The summed E-state index contributed by atoms with van der Waals surface area (Å²) >= 11 is 0. The summed E-state index contributed by atoms with van der Waals surface area (Å²) in [7, 11) is 0. The van der Waals surface area contributed by atoms with Crippen molar-refractivity contribution in [1.82, 2.24) is 9.97 Å². The fraction of sp³-hybridized carbons (Fsp3) is 0.103. The van der Waals surface area contributed by atoms with Gasteiger partial charge in [-0.15, -0.1) is 0 Å². The van der Waals surface area contributed by atoms with Gasteiger partial charge in [0.25, 0.3) is 0 Å². The van der Waals surface area contributed by atoms with Gasteiger partial charge >= 0.3 is 0 Å². The van der Waals surface area contributed by atoms with Crippen molar-refractivity contribution in [2.75, 3.05) is 0 Å². The van der Waals surface area contributed by atoms with Crippen molar-refractivity contribution in [2.24, 2.45) is 0 Å². The zero-order valence-electron chi connectivity index (χ0n) is 33.6. The number of benzene rings is 8. The maximum absolute atomic E-state index is 5.16. The number of fused-ring (bicyclic) bond motifs is 5. The molecule has 2 nitrogen and oxygen atoms in total. The van der Waals surface area contributed by atoms with Crippen molar-refractivity contribution in [3.63, 3.8) is 0 Å². The van der Waals surface area contributed by atoms with Crippen LogP contribution < -0.4 is 0 Å². The molecule has 286 valence electrons. The van der Waals surface area contributed by atoms with E-state index >= 15 is 0 Å². The molecule has 0 aliphatic heterocycles. The number of nitrogens with zero attached hydrogens (tertiary/aromatic N) is 2. The maximum Gasteiger partial charge on any atom is 0.160 e. The van der Waals surface area contributed by atoms with Crippen molar-refractivity contribution in [3.05, 3.63) is 217 Å². The van der Waals surface area contributed by atoms with Crippen LogP contribution in [-0.2, 0) is 5.41 Å². The molecule has 60 heavy (non-hydrogen) atoms. The van der Waals surface area contributed by atoms with Crippen LogP contribution >= 0.6 is 0 Å². The van der Waals surface area contributed by atoms with Crippen LogP contribution in [0.2, 0.25) is 0 Å². The normalized spacial score (nSPS) is 13.8. The molecule has 1 aromatic heterocycles. The summed E-state index contributed by atoms with van der Waals surface area (Å²) in [5.74, 6) is 0.707. The van der Waals surface area contributed by atoms with Gasteiger partial charge in [-0.3, -0.25) is 0 Å². The lowest BCUT2D eigenvalue weighted by Crippen LogP contribution is -2.28. The van der Waals surface area contributed by atoms with E-state index in [0.29, 0.717) is 5.82 Å². The van der Waals surface area contributed by atoms with Gasteiger partial charge in [-0.1, -0.05) is 207 Å². The van der Waals surface area contributed by atoms with Crippen LogP contribution in [0, 0.1) is 0 Å². The molecular weight excluding hydrogens is 725 g/mol. The molecule has 11 rings (SSSR count). The number of aromatic nitrogens is 2. The monoisotopic (exact) mass is 768 g/mol. The zero-order chi connectivity index (χ0) is 39.9. The molecule has 0 unspecified atom stereocenters. The Bertz CT molecular complexity index is 2960. The van der Waals surface area contributed by atoms with E-state index < -0.39 is 0 Å². The smallest absolute Gasteiger partial charge is 0.160 e. The van der Waals surface area contributed by atoms with Crippen LogP contribution in [0.3, 0.4) is 0 Å². The molecule has 2 aliphatic carbocycles. The Morgan fingerprint density at radius 2 is 0.700 bits per heavy atom. The third-order valence-corrected chi connectivity index (χ3v) is 12.9. The first kappa shape index (κ1) is 36.0. The average molecular weight is 769 g/mol. The Kier molecular flexibility index (Phi) is 9.12. The molecule has 2 heteroatoms. The van der Waals surface area contributed by atoms with Gasteiger partial charge in [0.2, 0.25) is 0 Å². The van der Waals surface area contributed by atoms with Gasteiger partial charge in [-0.25, -0.2) is 9.97 Å². The lowest BCUT2D eigenvalue weighted by atomic mass is 9.67. The summed E-state index contributed by atoms with van der Waals surface area (Å²) < 4.78 is 0. The first-order chi connectivity index (χ1) is 29.7. The predicted octanol–water partition coefficient (Wildman–Crippen LogP) is 15.4. The zero-order valence-corrected chi connectivity index (χ0v) is 33.6. The second kappa shape index (κ2) is 15.2. The summed E-state index contributed by atoms with van der Waals surface area (Å²) in [6.07, 6.45) is 6.46. The van der Waals surface area contributed by atoms with Gasteiger partial charge in [-0.05, 0) is 97.8 Å². The van der Waals surface area contributed by atoms with Crippen LogP contribution in [0.4, 0.5) is 0 Å². The molecule has 1 saturated carbocycles. The van der Waals surface area contributed by atoms with Crippen molar-refractivity contribution < 1.29 is 0 Å². The predicted molar refractivity (Wildman–Crippen MR) is 249 cm³/mol. The van der Waals surface area contributed by atoms with Crippen LogP contribution in [-0.4, -0.2) is 9.97 Å². The van der Waals surface area contributed by atoms with Gasteiger partial charge < -0.3 is 0 Å². The second-order valence-electron chi connectivity index (χ2n) is 16.5. The van der Waals surface area contributed by atoms with E-state index in [1.807, 2.05) is 12.1 Å². The summed E-state index contributed by atoms with van der Waals surface area (Å²) in [6, 6.07) is 74.6. The standard InChI is InChI=1S/C58H44N2/c1-4-13-40(14-5-1)41-29-31-47(32-30-41)56-39-55(46-15-6-2-7-16-46)59-57(60-56)50-18-12-17-48(37-50)44-25-21-42(22-26-44)43-23-27-45(28-24-43)49-33-34-52-51-19-8-9-20-53(51)58(54(52)38-49)35-10-3-11-36-58/h1-2,4-9,12-34,37-39H,3,10-11,35-36H2. The molecular formula is C58H44N2. The molecule has 1 heterocycles. The summed E-state index contributed by atoms with van der Waals surface area (Å²) in [5, 5.41) is 0. The van der Waals surface area contributed by atoms with Crippen molar-refractivity contribution >= 4 is 0 Å². The fourth-order valence-electron chi connectivity index (χ4n) is 9.82. The molecule has 0 atom stereocenters. The van der Waals surface area contributed by atoms with E-state index in [-0.39, 0.29) is 5.41 Å². The highest BCUT2D eigenvalue weighted by Crippen LogP contribution is 2.56. The van der Waals surface area contributed by atoms with Gasteiger partial charge in [0.05, 0.1) is 11.4 Å². The fourth-order valence-corrected chi connectivity index (χ4v) is 9.82. The Morgan fingerprint density at radius 1 is 0.283 bits per heavy atom. The first-order valence-corrected chi connectivity index (χ1v) is 21.4. The molecule has 0 N–H and O–H groups in total. The maximum atomic E-state index is 5.16. The Hall–Kier alpha value is -7.16. The van der Waals surface area contributed by atoms with Crippen molar-refractivity contribution in [3.8, 4) is 89.5 Å². The molecule has 1 fully saturated rings. The summed E-state index contributed by atoms with van der Waals surface area (Å²) in [5.41, 5.74) is 20.7. The van der Waals surface area contributed by atoms with Crippen LogP contribution in [0.1, 0.15) is 43.2 Å². The van der Waals surface area contributed by atoms with E-state index in [2.05, 4.69) is 194 Å². The minimum absolute atomic E-state index is 0.166. The lowest BCUT2D eigenvalue weighted by Gasteiger charge is -2.36. The van der Waals surface area contributed by atoms with E-state index in [9.17, 15) is 0 Å². The Labute approximate surface area is 353 Å². The number of hydrogen-bond donors (Lipinski definition) is 0. The van der Waals surface area contributed by atoms with Crippen LogP contribution in [0.25, 0.3) is 89.5 Å². The molecule has 9 aromatic rings. The minimum Gasteiger partial charge on any atom is -0.228 e. The van der Waals surface area contributed by atoms with E-state index in [1.165, 1.54) is 82.2 Å². The van der Waals surface area contributed by atoms with Gasteiger partial charge in [0.1, 0.15) is 0 Å². The Morgan fingerprint density at radius 3 is 1.32 bits per heavy atom. The second-order valence-corrected chi connectivity index (χ2v) is 16.5. The molecule has 0 amide bonds. The Balaban J connectivity index is 0.864. The van der Waals surface area contributed by atoms with Crippen LogP contribution in [0.15, 0.2) is 206 Å². The highest BCUT2D eigenvalue weighted by molar-refractivity contribution is 5.85. The highest BCUT2D eigenvalue weighted by atomic mass is 14.9. The average Bonchev–Trinajstić information content (AvgIpc) is 3.60. The van der Waals surface area contributed by atoms with Gasteiger partial charge in [0, 0.05) is 22.1 Å². The molecule has 0 saturated heterocycles. The van der Waals surface area contributed by atoms with E-state index in [4.69, 9.17) is 9.97 Å². The van der Waals surface area contributed by atoms with E-state index in [0.717, 1.165) is 39.2 Å². The molecule has 1 spiro atoms.